The Labute approximate surface area is 80.3 Å². The van der Waals surface area contributed by atoms with E-state index in [0.717, 1.165) is 0 Å². The molecule has 14 heavy (non-hydrogen) atoms. The van der Waals surface area contributed by atoms with E-state index in [2.05, 4.69) is 15.2 Å². The smallest absolute Gasteiger partial charge is 0.139 e. The number of hydrogen-bond acceptors (Lipinski definition) is 4. The molecule has 70 valence electrons. The topological polar surface area (TPSA) is 63.3 Å². The molecule has 1 heterocycles. The number of phenols is 1. The lowest BCUT2D eigenvalue weighted by molar-refractivity contribution is 0.474. The third kappa shape index (κ3) is 1.77. The maximum absolute atomic E-state index is 9.40. The summed E-state index contributed by atoms with van der Waals surface area (Å²) in [5, 5.41) is 17.1. The molecule has 0 spiro atoms. The van der Waals surface area contributed by atoms with E-state index in [4.69, 9.17) is 0 Å². The Balaban J connectivity index is 2.23. The summed E-state index contributed by atoms with van der Waals surface area (Å²) < 4.78 is 0. The van der Waals surface area contributed by atoms with E-state index >= 15 is 0 Å². The molecule has 1 N–H and O–H groups in total. The Hall–Kier alpha value is -2.17. The van der Waals surface area contributed by atoms with Gasteiger partial charge in [-0.2, -0.15) is 5.10 Å². The van der Waals surface area contributed by atoms with Crippen molar-refractivity contribution >= 4 is 6.21 Å². The Bertz CT molecular complexity index is 436. The molecule has 0 aliphatic rings. The van der Waals surface area contributed by atoms with Crippen molar-refractivity contribution < 1.29 is 5.11 Å². The molecule has 2 rings (SSSR count). The lowest BCUT2D eigenvalue weighted by Gasteiger charge is -1.95. The van der Waals surface area contributed by atoms with Gasteiger partial charge < -0.3 is 5.11 Å². The Kier molecular flexibility index (Phi) is 2.22. The summed E-state index contributed by atoms with van der Waals surface area (Å²) in [5.41, 5.74) is 0.642. The average molecular weight is 188 g/mol. The van der Waals surface area contributed by atoms with Gasteiger partial charge in [0.05, 0.1) is 6.21 Å². The van der Waals surface area contributed by atoms with E-state index in [1.54, 1.807) is 18.2 Å². The van der Waals surface area contributed by atoms with Crippen molar-refractivity contribution in [1.82, 2.24) is 14.9 Å². The Morgan fingerprint density at radius 2 is 2.21 bits per heavy atom. The van der Waals surface area contributed by atoms with E-state index in [9.17, 15) is 5.11 Å². The van der Waals surface area contributed by atoms with Crippen molar-refractivity contribution in [3.63, 3.8) is 0 Å². The summed E-state index contributed by atoms with van der Waals surface area (Å²) in [6.07, 6.45) is 4.38. The minimum absolute atomic E-state index is 0.191. The standard InChI is InChI=1S/C9H8N4O/c14-9-4-2-1-3-8(9)5-11-13-7-10-6-12-13/h1-7,14H. The van der Waals surface area contributed by atoms with E-state index in [1.807, 2.05) is 6.07 Å². The van der Waals surface area contributed by atoms with Gasteiger partial charge in [-0.15, -0.1) is 9.89 Å². The SMILES string of the molecule is Oc1ccccc1C=Nn1cncn1. The summed E-state index contributed by atoms with van der Waals surface area (Å²) >= 11 is 0. The van der Waals surface area contributed by atoms with Gasteiger partial charge in [-0.3, -0.25) is 0 Å². The third-order valence-corrected chi connectivity index (χ3v) is 1.66. The second-order valence-corrected chi connectivity index (χ2v) is 2.62. The molecule has 0 radical (unpaired) electrons. The maximum atomic E-state index is 9.40. The van der Waals surface area contributed by atoms with E-state index < -0.39 is 0 Å². The monoisotopic (exact) mass is 188 g/mol. The largest absolute Gasteiger partial charge is 0.507 e. The number of para-hydroxylation sites is 1. The predicted octanol–water partition coefficient (Wildman–Crippen LogP) is 0.866. The van der Waals surface area contributed by atoms with Crippen LogP contribution in [0.1, 0.15) is 5.56 Å². The molecule has 0 fully saturated rings. The lowest BCUT2D eigenvalue weighted by Crippen LogP contribution is -1.90. The van der Waals surface area contributed by atoms with Crippen molar-refractivity contribution in [3.8, 4) is 5.75 Å². The van der Waals surface area contributed by atoms with Crippen LogP contribution in [-0.2, 0) is 0 Å². The quantitative estimate of drug-likeness (QED) is 0.711. The van der Waals surface area contributed by atoms with Gasteiger partial charge in [-0.05, 0) is 12.1 Å². The van der Waals surface area contributed by atoms with Crippen LogP contribution in [0, 0.1) is 0 Å². The highest BCUT2D eigenvalue weighted by Gasteiger charge is 1.94. The van der Waals surface area contributed by atoms with Gasteiger partial charge in [0, 0.05) is 5.56 Å². The minimum atomic E-state index is 0.191. The molecule has 0 saturated carbocycles. The second kappa shape index (κ2) is 3.69. The van der Waals surface area contributed by atoms with Crippen molar-refractivity contribution in [2.45, 2.75) is 0 Å². The first-order valence-electron chi connectivity index (χ1n) is 4.03. The van der Waals surface area contributed by atoms with Gasteiger partial charge >= 0.3 is 0 Å². The van der Waals surface area contributed by atoms with E-state index in [-0.39, 0.29) is 5.75 Å². The number of aromatic nitrogens is 3. The molecule has 0 aliphatic carbocycles. The van der Waals surface area contributed by atoms with Gasteiger partial charge in [-0.25, -0.2) is 4.98 Å². The summed E-state index contributed by atoms with van der Waals surface area (Å²) in [7, 11) is 0. The molecule has 1 aromatic heterocycles. The number of hydrogen-bond donors (Lipinski definition) is 1. The average Bonchev–Trinajstić information content (AvgIpc) is 2.69. The number of phenolic OH excluding ortho intramolecular Hbond substituents is 1. The van der Waals surface area contributed by atoms with Crippen LogP contribution >= 0.6 is 0 Å². The minimum Gasteiger partial charge on any atom is -0.507 e. The van der Waals surface area contributed by atoms with Crippen molar-refractivity contribution in [3.05, 3.63) is 42.5 Å². The summed E-state index contributed by atoms with van der Waals surface area (Å²) in [6, 6.07) is 6.93. The van der Waals surface area contributed by atoms with Crippen LogP contribution < -0.4 is 0 Å². The first-order valence-corrected chi connectivity index (χ1v) is 4.03. The van der Waals surface area contributed by atoms with Crippen LogP contribution in [0.25, 0.3) is 0 Å². The van der Waals surface area contributed by atoms with Crippen LogP contribution in [0.4, 0.5) is 0 Å². The number of aromatic hydroxyl groups is 1. The van der Waals surface area contributed by atoms with Crippen molar-refractivity contribution in [1.29, 1.82) is 0 Å². The van der Waals surface area contributed by atoms with Crippen LogP contribution in [0.3, 0.4) is 0 Å². The van der Waals surface area contributed by atoms with Crippen molar-refractivity contribution in [2.24, 2.45) is 5.10 Å². The van der Waals surface area contributed by atoms with Crippen LogP contribution in [0.2, 0.25) is 0 Å². The van der Waals surface area contributed by atoms with Gasteiger partial charge in [0.25, 0.3) is 0 Å². The van der Waals surface area contributed by atoms with Gasteiger partial charge in [0.15, 0.2) is 0 Å². The van der Waals surface area contributed by atoms with Crippen molar-refractivity contribution in [2.75, 3.05) is 0 Å². The molecule has 0 aliphatic heterocycles. The first-order chi connectivity index (χ1) is 6.86. The number of nitrogens with zero attached hydrogens (tertiary/aromatic N) is 4. The molecule has 0 unspecified atom stereocenters. The summed E-state index contributed by atoms with van der Waals surface area (Å²) in [5.74, 6) is 0.191. The number of benzene rings is 1. The molecule has 2 aromatic rings. The van der Waals surface area contributed by atoms with Gasteiger partial charge in [0.2, 0.25) is 0 Å². The Morgan fingerprint density at radius 1 is 1.36 bits per heavy atom. The Morgan fingerprint density at radius 3 is 2.93 bits per heavy atom. The predicted molar refractivity (Wildman–Crippen MR) is 51.1 cm³/mol. The zero-order valence-electron chi connectivity index (χ0n) is 7.28. The van der Waals surface area contributed by atoms with E-state index in [0.29, 0.717) is 5.56 Å². The maximum Gasteiger partial charge on any atom is 0.139 e. The highest BCUT2D eigenvalue weighted by molar-refractivity contribution is 5.82. The normalized spacial score (nSPS) is 10.9. The fourth-order valence-corrected chi connectivity index (χ4v) is 0.980. The van der Waals surface area contributed by atoms with Crippen LogP contribution in [-0.4, -0.2) is 26.2 Å². The zero-order chi connectivity index (χ0) is 9.80. The molecule has 0 atom stereocenters. The summed E-state index contributed by atoms with van der Waals surface area (Å²) in [6.45, 7) is 0. The van der Waals surface area contributed by atoms with Gasteiger partial charge in [0.1, 0.15) is 18.4 Å². The molecule has 0 saturated heterocycles. The molecular formula is C9H8N4O. The lowest BCUT2D eigenvalue weighted by atomic mass is 10.2. The molecule has 0 bridgehead atoms. The molecule has 5 nitrogen and oxygen atoms in total. The highest BCUT2D eigenvalue weighted by atomic mass is 16.3. The zero-order valence-corrected chi connectivity index (χ0v) is 7.28. The fraction of sp³-hybridized carbons (Fsp3) is 0. The second-order valence-electron chi connectivity index (χ2n) is 2.62. The van der Waals surface area contributed by atoms with Crippen LogP contribution in [0.5, 0.6) is 5.75 Å². The molecule has 1 aromatic carbocycles. The molecule has 5 heteroatoms. The number of rotatable bonds is 2. The summed E-state index contributed by atoms with van der Waals surface area (Å²) in [4.78, 5) is 5.04. The third-order valence-electron chi connectivity index (χ3n) is 1.66. The first kappa shape index (κ1) is 8.43. The fourth-order valence-electron chi connectivity index (χ4n) is 0.980. The van der Waals surface area contributed by atoms with Gasteiger partial charge in [-0.1, -0.05) is 12.1 Å². The van der Waals surface area contributed by atoms with Crippen LogP contribution in [0.15, 0.2) is 42.0 Å². The molecular weight excluding hydrogens is 180 g/mol. The molecule has 0 amide bonds. The van der Waals surface area contributed by atoms with E-state index in [1.165, 1.54) is 23.7 Å². The highest BCUT2D eigenvalue weighted by Crippen LogP contribution is 2.12.